The van der Waals surface area contributed by atoms with Crippen LogP contribution in [0.4, 0.5) is 23.1 Å². The first-order valence-electron chi connectivity index (χ1n) is 11.8. The fourth-order valence-electron chi connectivity index (χ4n) is 5.05. The highest BCUT2D eigenvalue weighted by Crippen LogP contribution is 2.44. The lowest BCUT2D eigenvalue weighted by atomic mass is 9.77. The van der Waals surface area contributed by atoms with Crippen LogP contribution in [0.1, 0.15) is 37.4 Å². The number of hydrogen-bond acceptors (Lipinski definition) is 9. The number of benzene rings is 1. The second kappa shape index (κ2) is 9.17. The Hall–Kier alpha value is -4.09. The molecule has 2 aliphatic heterocycles. The van der Waals surface area contributed by atoms with Crippen molar-refractivity contribution in [2.75, 3.05) is 48.8 Å². The van der Waals surface area contributed by atoms with Crippen LogP contribution >= 0.6 is 11.6 Å². The van der Waals surface area contributed by atoms with Crippen molar-refractivity contribution in [1.82, 2.24) is 24.5 Å². The number of nitrogens with one attached hydrogen (secondary N) is 2. The summed E-state index contributed by atoms with van der Waals surface area (Å²) >= 11 is 6.85. The SMILES string of the molecule is CCNc1nc(Nc2cc(C#N)cc(N3CCC4(CCN(C)C4=O)CC3)c2Cl)nn2c(C#N)cnc12. The molecule has 2 fully saturated rings. The molecule has 0 atom stereocenters. The molecule has 0 saturated carbocycles. The number of nitrogens with zero attached hydrogens (tertiary/aromatic N) is 8. The summed E-state index contributed by atoms with van der Waals surface area (Å²) in [6.07, 6.45) is 3.80. The number of amides is 1. The van der Waals surface area contributed by atoms with Crippen LogP contribution in [0.15, 0.2) is 18.3 Å². The molecular weight excluding hydrogens is 480 g/mol. The van der Waals surface area contributed by atoms with Crippen molar-refractivity contribution < 1.29 is 4.79 Å². The van der Waals surface area contributed by atoms with Crippen molar-refractivity contribution in [1.29, 1.82) is 10.5 Å². The number of carbonyl (C=O) groups is 1. The van der Waals surface area contributed by atoms with Crippen LogP contribution in [0.2, 0.25) is 5.02 Å². The smallest absolute Gasteiger partial charge is 0.247 e. The molecule has 0 unspecified atom stereocenters. The van der Waals surface area contributed by atoms with E-state index in [1.54, 1.807) is 12.1 Å². The molecule has 0 bridgehead atoms. The van der Waals surface area contributed by atoms with Gasteiger partial charge in [-0.2, -0.15) is 20.0 Å². The van der Waals surface area contributed by atoms with Crippen LogP contribution < -0.4 is 15.5 Å². The van der Waals surface area contributed by atoms with E-state index in [1.165, 1.54) is 10.7 Å². The van der Waals surface area contributed by atoms with Crippen molar-refractivity contribution in [3.05, 3.63) is 34.6 Å². The lowest BCUT2D eigenvalue weighted by molar-refractivity contribution is -0.135. The highest BCUT2D eigenvalue weighted by molar-refractivity contribution is 6.36. The number of fused-ring (bicyclic) bond motifs is 1. The first-order chi connectivity index (χ1) is 17.4. The third-order valence-electron chi connectivity index (χ3n) is 7.04. The van der Waals surface area contributed by atoms with Crippen LogP contribution in [0.3, 0.4) is 0 Å². The Morgan fingerprint density at radius 2 is 1.92 bits per heavy atom. The third-order valence-corrected chi connectivity index (χ3v) is 7.43. The van der Waals surface area contributed by atoms with Gasteiger partial charge in [-0.3, -0.25) is 4.79 Å². The van der Waals surface area contributed by atoms with E-state index >= 15 is 0 Å². The number of aromatic nitrogens is 4. The zero-order valence-corrected chi connectivity index (χ0v) is 20.8. The van der Waals surface area contributed by atoms with Crippen molar-refractivity contribution in [3.8, 4) is 12.1 Å². The molecule has 5 rings (SSSR count). The Labute approximate surface area is 213 Å². The van der Waals surface area contributed by atoms with Gasteiger partial charge >= 0.3 is 0 Å². The second-order valence-corrected chi connectivity index (χ2v) is 9.52. The van der Waals surface area contributed by atoms with Gasteiger partial charge in [0.2, 0.25) is 11.9 Å². The van der Waals surface area contributed by atoms with Gasteiger partial charge in [0, 0.05) is 33.2 Å². The van der Waals surface area contributed by atoms with Gasteiger partial charge in [-0.05, 0) is 38.3 Å². The Morgan fingerprint density at radius 1 is 1.17 bits per heavy atom. The van der Waals surface area contributed by atoms with Gasteiger partial charge in [-0.25, -0.2) is 4.98 Å². The van der Waals surface area contributed by atoms with Gasteiger partial charge in [-0.1, -0.05) is 11.6 Å². The molecule has 184 valence electrons. The van der Waals surface area contributed by atoms with Crippen LogP contribution in [0.25, 0.3) is 5.65 Å². The molecular formula is C24H25ClN10O. The van der Waals surface area contributed by atoms with E-state index in [0.29, 0.717) is 47.4 Å². The van der Waals surface area contributed by atoms with Crippen LogP contribution in [-0.2, 0) is 4.79 Å². The van der Waals surface area contributed by atoms with Gasteiger partial charge in [0.1, 0.15) is 6.07 Å². The lowest BCUT2D eigenvalue weighted by Crippen LogP contribution is -2.44. The van der Waals surface area contributed by atoms with Crippen molar-refractivity contribution >= 4 is 46.3 Å². The van der Waals surface area contributed by atoms with E-state index in [9.17, 15) is 15.3 Å². The quantitative estimate of drug-likeness (QED) is 0.536. The monoisotopic (exact) mass is 504 g/mol. The van der Waals surface area contributed by atoms with Crippen LogP contribution in [0, 0.1) is 28.1 Å². The van der Waals surface area contributed by atoms with E-state index in [0.717, 1.165) is 31.5 Å². The molecule has 3 aromatic rings. The predicted octanol–water partition coefficient (Wildman–Crippen LogP) is 3.15. The summed E-state index contributed by atoms with van der Waals surface area (Å²) in [6.45, 7) is 4.66. The van der Waals surface area contributed by atoms with E-state index in [2.05, 4.69) is 42.7 Å². The molecule has 2 N–H and O–H groups in total. The van der Waals surface area contributed by atoms with E-state index in [1.807, 2.05) is 18.9 Å². The molecule has 4 heterocycles. The number of rotatable bonds is 5. The number of imidazole rings is 1. The number of anilines is 4. The normalized spacial score (nSPS) is 16.9. The third kappa shape index (κ3) is 3.91. The minimum Gasteiger partial charge on any atom is -0.370 e. The first-order valence-corrected chi connectivity index (χ1v) is 12.2. The Morgan fingerprint density at radius 3 is 2.56 bits per heavy atom. The summed E-state index contributed by atoms with van der Waals surface area (Å²) in [7, 11) is 1.86. The summed E-state index contributed by atoms with van der Waals surface area (Å²) in [5.74, 6) is 0.895. The molecule has 11 nitrogen and oxygen atoms in total. The maximum Gasteiger partial charge on any atom is 0.247 e. The fraction of sp³-hybridized carbons (Fsp3) is 0.417. The zero-order chi connectivity index (χ0) is 25.4. The molecule has 2 aromatic heterocycles. The molecule has 1 spiro atoms. The average Bonchev–Trinajstić information content (AvgIpc) is 3.43. The van der Waals surface area contributed by atoms with Crippen molar-refractivity contribution in [2.24, 2.45) is 5.41 Å². The van der Waals surface area contributed by atoms with Crippen LogP contribution in [-0.4, -0.2) is 63.6 Å². The van der Waals surface area contributed by atoms with E-state index in [4.69, 9.17) is 11.6 Å². The predicted molar refractivity (Wildman–Crippen MR) is 135 cm³/mol. The second-order valence-electron chi connectivity index (χ2n) is 9.14. The number of carbonyl (C=O) groups excluding carboxylic acids is 1. The highest BCUT2D eigenvalue weighted by atomic mass is 35.5. The maximum atomic E-state index is 12.7. The molecule has 1 aromatic carbocycles. The van der Waals surface area contributed by atoms with Gasteiger partial charge in [-0.15, -0.1) is 5.10 Å². The molecule has 0 aliphatic carbocycles. The average molecular weight is 505 g/mol. The zero-order valence-electron chi connectivity index (χ0n) is 20.0. The fourth-order valence-corrected chi connectivity index (χ4v) is 5.32. The molecule has 2 aliphatic rings. The highest BCUT2D eigenvalue weighted by Gasteiger charge is 2.47. The number of likely N-dealkylation sites (tertiary alicyclic amines) is 1. The van der Waals surface area contributed by atoms with Gasteiger partial charge < -0.3 is 20.4 Å². The van der Waals surface area contributed by atoms with Crippen molar-refractivity contribution in [3.63, 3.8) is 0 Å². The molecule has 2 saturated heterocycles. The Bertz CT molecular complexity index is 1430. The summed E-state index contributed by atoms with van der Waals surface area (Å²) in [6, 6.07) is 7.68. The molecule has 0 radical (unpaired) electrons. The summed E-state index contributed by atoms with van der Waals surface area (Å²) in [4.78, 5) is 25.4. The number of piperidine rings is 1. The summed E-state index contributed by atoms with van der Waals surface area (Å²) in [5.41, 5.74) is 2.04. The maximum absolute atomic E-state index is 12.7. The molecule has 36 heavy (non-hydrogen) atoms. The lowest BCUT2D eigenvalue weighted by Gasteiger charge is -2.39. The number of halogens is 1. The van der Waals surface area contributed by atoms with Crippen molar-refractivity contribution in [2.45, 2.75) is 26.2 Å². The molecule has 12 heteroatoms. The van der Waals surface area contributed by atoms with E-state index in [-0.39, 0.29) is 23.0 Å². The van der Waals surface area contributed by atoms with Gasteiger partial charge in [0.05, 0.1) is 39.6 Å². The molecule has 1 amide bonds. The summed E-state index contributed by atoms with van der Waals surface area (Å²) in [5, 5.41) is 30.2. The summed E-state index contributed by atoms with van der Waals surface area (Å²) < 4.78 is 1.41. The first kappa shape index (κ1) is 23.6. The van der Waals surface area contributed by atoms with E-state index < -0.39 is 0 Å². The minimum absolute atomic E-state index is 0.202. The number of nitriles is 2. The van der Waals surface area contributed by atoms with Crippen LogP contribution in [0.5, 0.6) is 0 Å². The minimum atomic E-state index is -0.291. The Balaban J connectivity index is 1.47. The largest absolute Gasteiger partial charge is 0.370 e. The Kier molecular flexibility index (Phi) is 6.02. The topological polar surface area (TPSA) is 138 Å². The van der Waals surface area contributed by atoms with Gasteiger partial charge in [0.15, 0.2) is 17.2 Å². The number of hydrogen-bond donors (Lipinski definition) is 2. The van der Waals surface area contributed by atoms with Gasteiger partial charge in [0.25, 0.3) is 0 Å². The standard InChI is InChI=1S/C24H25ClN10O/c1-3-28-20-21-29-14-16(13-27)35(21)32-23(31-20)30-17-10-15(12-26)11-18(19(17)25)34-8-5-24(6-9-34)4-7-33(2)22(24)36/h10-11,14H,3-9H2,1-2H3,(H2,28,30,31,32).